The van der Waals surface area contributed by atoms with Gasteiger partial charge in [0.25, 0.3) is 5.91 Å². The Morgan fingerprint density at radius 1 is 1.04 bits per heavy atom. The third kappa shape index (κ3) is 4.20. The van der Waals surface area contributed by atoms with Gasteiger partial charge >= 0.3 is 0 Å². The van der Waals surface area contributed by atoms with Crippen molar-refractivity contribution in [1.29, 1.82) is 0 Å². The summed E-state index contributed by atoms with van der Waals surface area (Å²) < 4.78 is 0. The number of carbonyl (C=O) groups excluding carboxylic acids is 2. The molecule has 2 rings (SSSR count). The molecule has 0 aliphatic rings. The van der Waals surface area contributed by atoms with Crippen LogP contribution in [0.25, 0.3) is 0 Å². The fraction of sp³-hybridized carbons (Fsp3) is 0.263. The summed E-state index contributed by atoms with van der Waals surface area (Å²) in [6.45, 7) is 3.78. The Labute approximate surface area is 142 Å². The van der Waals surface area contributed by atoms with E-state index >= 15 is 0 Å². The molecule has 0 radical (unpaired) electrons. The predicted molar refractivity (Wildman–Crippen MR) is 97.1 cm³/mol. The molecule has 0 saturated heterocycles. The third-order valence-corrected chi connectivity index (χ3v) is 3.85. The van der Waals surface area contributed by atoms with Crippen LogP contribution in [-0.2, 0) is 4.79 Å². The van der Waals surface area contributed by atoms with Crippen LogP contribution in [0.5, 0.6) is 0 Å². The number of anilines is 2. The van der Waals surface area contributed by atoms with Crippen molar-refractivity contribution in [3.8, 4) is 0 Å². The van der Waals surface area contributed by atoms with Crippen molar-refractivity contribution in [2.75, 3.05) is 17.3 Å². The molecule has 5 nitrogen and oxygen atoms in total. The number of carbonyl (C=O) groups is 2. The van der Waals surface area contributed by atoms with Gasteiger partial charge in [-0.25, -0.2) is 0 Å². The first-order valence-corrected chi connectivity index (χ1v) is 7.89. The summed E-state index contributed by atoms with van der Waals surface area (Å²) in [6, 6.07) is 15.7. The fourth-order valence-corrected chi connectivity index (χ4v) is 2.22. The Kier molecular flexibility index (Phi) is 5.71. The van der Waals surface area contributed by atoms with Crippen LogP contribution in [0.2, 0.25) is 0 Å². The van der Waals surface area contributed by atoms with E-state index in [-0.39, 0.29) is 17.7 Å². The molecule has 0 saturated carbocycles. The van der Waals surface area contributed by atoms with Gasteiger partial charge in [-0.05, 0) is 36.2 Å². The highest BCUT2D eigenvalue weighted by Crippen LogP contribution is 2.17. The summed E-state index contributed by atoms with van der Waals surface area (Å²) in [7, 11) is 1.72. The monoisotopic (exact) mass is 325 g/mol. The topological polar surface area (TPSA) is 75.4 Å². The molecule has 0 spiro atoms. The number of nitrogens with two attached hydrogens (primary N) is 1. The minimum Gasteiger partial charge on any atom is -0.325 e. The molecule has 24 heavy (non-hydrogen) atoms. The van der Waals surface area contributed by atoms with E-state index in [4.69, 9.17) is 5.73 Å². The number of amides is 2. The van der Waals surface area contributed by atoms with E-state index in [1.54, 1.807) is 36.2 Å². The lowest BCUT2D eigenvalue weighted by Gasteiger charge is -2.18. The highest BCUT2D eigenvalue weighted by molar-refractivity contribution is 6.06. The van der Waals surface area contributed by atoms with E-state index in [9.17, 15) is 9.59 Å². The predicted octanol–water partition coefficient (Wildman–Crippen LogP) is 2.89. The van der Waals surface area contributed by atoms with Gasteiger partial charge in [0.15, 0.2) is 0 Å². The molecule has 126 valence electrons. The molecule has 1 atom stereocenters. The third-order valence-electron chi connectivity index (χ3n) is 3.85. The number of hydrogen-bond acceptors (Lipinski definition) is 3. The summed E-state index contributed by atoms with van der Waals surface area (Å²) in [5, 5.41) is 2.76. The Bertz CT molecular complexity index is 714. The van der Waals surface area contributed by atoms with E-state index < -0.39 is 6.04 Å². The van der Waals surface area contributed by atoms with Crippen LogP contribution >= 0.6 is 0 Å². The van der Waals surface area contributed by atoms with Crippen molar-refractivity contribution < 1.29 is 9.59 Å². The molecule has 0 bridgehead atoms. The second-order valence-corrected chi connectivity index (χ2v) is 6.04. The molecular weight excluding hydrogens is 302 g/mol. The zero-order valence-corrected chi connectivity index (χ0v) is 14.2. The summed E-state index contributed by atoms with van der Waals surface area (Å²) in [5.74, 6) is -0.365. The normalized spacial score (nSPS) is 11.9. The molecule has 2 amide bonds. The Hall–Kier alpha value is -2.66. The number of hydrogen-bond donors (Lipinski definition) is 2. The first kappa shape index (κ1) is 17.7. The number of rotatable bonds is 5. The van der Waals surface area contributed by atoms with Crippen molar-refractivity contribution in [3.05, 3.63) is 60.2 Å². The summed E-state index contributed by atoms with van der Waals surface area (Å²) in [4.78, 5) is 26.2. The van der Waals surface area contributed by atoms with Gasteiger partial charge in [0.1, 0.15) is 0 Å². The second-order valence-electron chi connectivity index (χ2n) is 6.04. The van der Waals surface area contributed by atoms with Crippen molar-refractivity contribution in [1.82, 2.24) is 0 Å². The minimum absolute atomic E-state index is 0.0408. The smallest absolute Gasteiger partial charge is 0.258 e. The van der Waals surface area contributed by atoms with Crippen molar-refractivity contribution in [3.63, 3.8) is 0 Å². The maximum Gasteiger partial charge on any atom is 0.258 e. The van der Waals surface area contributed by atoms with Crippen LogP contribution in [0.1, 0.15) is 24.2 Å². The van der Waals surface area contributed by atoms with Gasteiger partial charge in [0.2, 0.25) is 5.91 Å². The molecule has 0 aromatic heterocycles. The number of nitrogens with zero attached hydrogens (tertiary/aromatic N) is 1. The quantitative estimate of drug-likeness (QED) is 0.887. The van der Waals surface area contributed by atoms with E-state index in [2.05, 4.69) is 5.32 Å². The first-order chi connectivity index (χ1) is 11.4. The van der Waals surface area contributed by atoms with Gasteiger partial charge in [0, 0.05) is 24.0 Å². The van der Waals surface area contributed by atoms with Gasteiger partial charge in [-0.15, -0.1) is 0 Å². The molecule has 0 aliphatic heterocycles. The van der Waals surface area contributed by atoms with E-state index in [0.29, 0.717) is 11.3 Å². The summed E-state index contributed by atoms with van der Waals surface area (Å²) >= 11 is 0. The maximum atomic E-state index is 12.6. The number of nitrogens with one attached hydrogen (secondary N) is 1. The highest BCUT2D eigenvalue weighted by Gasteiger charge is 2.18. The Morgan fingerprint density at radius 2 is 1.71 bits per heavy atom. The number of para-hydroxylation sites is 1. The summed E-state index contributed by atoms with van der Waals surface area (Å²) in [5.41, 5.74) is 7.70. The molecule has 0 heterocycles. The average molecular weight is 325 g/mol. The fourth-order valence-electron chi connectivity index (χ4n) is 2.22. The molecule has 2 aromatic carbocycles. The largest absolute Gasteiger partial charge is 0.325 e. The van der Waals surface area contributed by atoms with E-state index in [1.165, 1.54) is 0 Å². The van der Waals surface area contributed by atoms with Crippen LogP contribution in [0, 0.1) is 5.92 Å². The summed E-state index contributed by atoms with van der Waals surface area (Å²) in [6.07, 6.45) is 0. The van der Waals surface area contributed by atoms with Crippen LogP contribution in [-0.4, -0.2) is 24.9 Å². The van der Waals surface area contributed by atoms with Gasteiger partial charge in [-0.3, -0.25) is 9.59 Å². The SMILES string of the molecule is CC(C)[C@H](N)C(=O)Nc1cccc(C(=O)N(C)c2ccccc2)c1. The van der Waals surface area contributed by atoms with Gasteiger partial charge in [0.05, 0.1) is 6.04 Å². The molecule has 5 heteroatoms. The maximum absolute atomic E-state index is 12.6. The van der Waals surface area contributed by atoms with Crippen LogP contribution in [0.4, 0.5) is 11.4 Å². The molecule has 0 aliphatic carbocycles. The van der Waals surface area contributed by atoms with E-state index in [0.717, 1.165) is 5.69 Å². The molecule has 0 unspecified atom stereocenters. The zero-order valence-electron chi connectivity index (χ0n) is 14.2. The standard InChI is InChI=1S/C19H23N3O2/c1-13(2)17(20)18(23)21-15-9-7-8-14(12-15)19(24)22(3)16-10-5-4-6-11-16/h4-13,17H,20H2,1-3H3,(H,21,23)/t17-/m0/s1. The van der Waals surface area contributed by atoms with Crippen LogP contribution in [0.15, 0.2) is 54.6 Å². The van der Waals surface area contributed by atoms with Crippen molar-refractivity contribution in [2.24, 2.45) is 11.7 Å². The lowest BCUT2D eigenvalue weighted by atomic mass is 10.0. The Morgan fingerprint density at radius 3 is 2.33 bits per heavy atom. The van der Waals surface area contributed by atoms with E-state index in [1.807, 2.05) is 44.2 Å². The highest BCUT2D eigenvalue weighted by atomic mass is 16.2. The molecule has 3 N–H and O–H groups in total. The average Bonchev–Trinajstić information content (AvgIpc) is 2.60. The lowest BCUT2D eigenvalue weighted by molar-refractivity contribution is -0.118. The first-order valence-electron chi connectivity index (χ1n) is 7.89. The van der Waals surface area contributed by atoms with Gasteiger partial charge < -0.3 is 16.0 Å². The van der Waals surface area contributed by atoms with Crippen LogP contribution < -0.4 is 16.0 Å². The van der Waals surface area contributed by atoms with Crippen molar-refractivity contribution in [2.45, 2.75) is 19.9 Å². The Balaban J connectivity index is 2.15. The van der Waals surface area contributed by atoms with Gasteiger partial charge in [-0.1, -0.05) is 38.1 Å². The number of benzene rings is 2. The van der Waals surface area contributed by atoms with Crippen molar-refractivity contribution >= 4 is 23.2 Å². The van der Waals surface area contributed by atoms with Crippen LogP contribution in [0.3, 0.4) is 0 Å². The zero-order chi connectivity index (χ0) is 17.7. The molecular formula is C19H23N3O2. The minimum atomic E-state index is -0.587. The molecule has 2 aromatic rings. The lowest BCUT2D eigenvalue weighted by Crippen LogP contribution is -2.39. The second kappa shape index (κ2) is 7.75. The van der Waals surface area contributed by atoms with Gasteiger partial charge in [-0.2, -0.15) is 0 Å². The molecule has 0 fully saturated rings.